The molecule has 0 saturated heterocycles. The summed E-state index contributed by atoms with van der Waals surface area (Å²) in [6.07, 6.45) is 3.02. The fourth-order valence-electron chi connectivity index (χ4n) is 3.28. The van der Waals surface area contributed by atoms with Gasteiger partial charge in [0.2, 0.25) is 0 Å². The number of benzene rings is 2. The Hall–Kier alpha value is -2.74. The quantitative estimate of drug-likeness (QED) is 0.432. The van der Waals surface area contributed by atoms with Crippen molar-refractivity contribution in [1.29, 1.82) is 0 Å². The molecule has 0 saturated carbocycles. The Morgan fingerprint density at radius 3 is 2.47 bits per heavy atom. The summed E-state index contributed by atoms with van der Waals surface area (Å²) in [5, 5.41) is 19.4. The highest BCUT2D eigenvalue weighted by atomic mass is 79.9. The zero-order valence-corrected chi connectivity index (χ0v) is 17.8. The molecule has 1 heterocycles. The van der Waals surface area contributed by atoms with Crippen molar-refractivity contribution in [1.82, 2.24) is 4.90 Å². The molecule has 0 bridgehead atoms. The predicted molar refractivity (Wildman–Crippen MR) is 117 cm³/mol. The van der Waals surface area contributed by atoms with Gasteiger partial charge in [0.05, 0.1) is 31.4 Å². The molecule has 3 rings (SSSR count). The van der Waals surface area contributed by atoms with Crippen molar-refractivity contribution in [3.05, 3.63) is 87.6 Å². The topological polar surface area (TPSA) is 87.1 Å². The number of aliphatic hydroxyl groups is 2. The molecule has 0 aliphatic carbocycles. The first-order chi connectivity index (χ1) is 14.5. The number of nitrogens with zero attached hydrogens (tertiary/aromatic N) is 1. The zero-order chi connectivity index (χ0) is 21.5. The van der Waals surface area contributed by atoms with Crippen LogP contribution in [0.3, 0.4) is 0 Å². The molecule has 7 heteroatoms. The molecule has 0 fully saturated rings. The number of carbonyl (C=O) groups is 2. The summed E-state index contributed by atoms with van der Waals surface area (Å²) < 4.78 is 6.14. The van der Waals surface area contributed by atoms with Crippen LogP contribution < -0.4 is 0 Å². The largest absolute Gasteiger partial charge is 0.503 e. The van der Waals surface area contributed by atoms with Crippen LogP contribution in [0.2, 0.25) is 0 Å². The maximum absolute atomic E-state index is 13.0. The van der Waals surface area contributed by atoms with Crippen LogP contribution in [0.15, 0.2) is 76.5 Å². The standard InChI is InChI=1S/C23H22BrNO5/c24-18-9-7-17(8-10-18)21-20(19(27)11-6-16-4-2-1-3-5-16)22(28)23(29)25(21)12-14-30-15-13-26/h1-11,21,26,28H,12-15H2/b11-6+. The number of hydrogen-bond acceptors (Lipinski definition) is 5. The molecule has 6 nitrogen and oxygen atoms in total. The molecular weight excluding hydrogens is 450 g/mol. The number of aliphatic hydroxyl groups excluding tert-OH is 2. The van der Waals surface area contributed by atoms with Gasteiger partial charge in [0.25, 0.3) is 5.91 Å². The first-order valence-electron chi connectivity index (χ1n) is 9.48. The maximum Gasteiger partial charge on any atom is 0.290 e. The van der Waals surface area contributed by atoms with E-state index in [4.69, 9.17) is 9.84 Å². The Bertz CT molecular complexity index is 953. The second kappa shape index (κ2) is 10.3. The molecular formula is C23H22BrNO5. The van der Waals surface area contributed by atoms with E-state index in [9.17, 15) is 14.7 Å². The Morgan fingerprint density at radius 1 is 1.10 bits per heavy atom. The van der Waals surface area contributed by atoms with Crippen molar-refractivity contribution in [2.75, 3.05) is 26.4 Å². The second-order valence-electron chi connectivity index (χ2n) is 6.66. The zero-order valence-electron chi connectivity index (χ0n) is 16.2. The molecule has 1 amide bonds. The van der Waals surface area contributed by atoms with Crippen LogP contribution in [0.25, 0.3) is 6.08 Å². The Kier molecular flexibility index (Phi) is 7.57. The smallest absolute Gasteiger partial charge is 0.290 e. The van der Waals surface area contributed by atoms with Gasteiger partial charge in [0, 0.05) is 11.0 Å². The molecule has 1 aliphatic heterocycles. The molecule has 2 N–H and O–H groups in total. The average Bonchev–Trinajstić information content (AvgIpc) is 3.01. The normalized spacial score (nSPS) is 16.7. The van der Waals surface area contributed by atoms with Gasteiger partial charge < -0.3 is 19.8 Å². The van der Waals surface area contributed by atoms with Crippen molar-refractivity contribution in [3.63, 3.8) is 0 Å². The summed E-state index contributed by atoms with van der Waals surface area (Å²) in [6.45, 7) is 0.369. The van der Waals surface area contributed by atoms with Crippen LogP contribution in [-0.2, 0) is 14.3 Å². The van der Waals surface area contributed by atoms with Crippen LogP contribution in [0.1, 0.15) is 17.2 Å². The van der Waals surface area contributed by atoms with Crippen LogP contribution in [0.4, 0.5) is 0 Å². The van der Waals surface area contributed by atoms with E-state index in [-0.39, 0.29) is 31.9 Å². The maximum atomic E-state index is 13.0. The van der Waals surface area contributed by atoms with Crippen molar-refractivity contribution in [2.45, 2.75) is 6.04 Å². The number of rotatable bonds is 9. The minimum atomic E-state index is -0.726. The lowest BCUT2D eigenvalue weighted by Crippen LogP contribution is -2.34. The van der Waals surface area contributed by atoms with Gasteiger partial charge in [-0.2, -0.15) is 0 Å². The van der Waals surface area contributed by atoms with E-state index in [0.29, 0.717) is 5.56 Å². The highest BCUT2D eigenvalue weighted by molar-refractivity contribution is 9.10. The third kappa shape index (κ3) is 5.05. The molecule has 30 heavy (non-hydrogen) atoms. The van der Waals surface area contributed by atoms with Gasteiger partial charge in [-0.15, -0.1) is 0 Å². The van der Waals surface area contributed by atoms with E-state index in [1.54, 1.807) is 18.2 Å². The lowest BCUT2D eigenvalue weighted by atomic mass is 9.95. The monoisotopic (exact) mass is 471 g/mol. The van der Waals surface area contributed by atoms with Crippen LogP contribution in [-0.4, -0.2) is 53.2 Å². The molecule has 1 atom stereocenters. The lowest BCUT2D eigenvalue weighted by molar-refractivity contribution is -0.130. The molecule has 1 aliphatic rings. The number of ketones is 1. The van der Waals surface area contributed by atoms with Crippen molar-refractivity contribution >= 4 is 33.7 Å². The Balaban J connectivity index is 1.91. The minimum Gasteiger partial charge on any atom is -0.503 e. The highest BCUT2D eigenvalue weighted by Gasteiger charge is 2.42. The van der Waals surface area contributed by atoms with Gasteiger partial charge in [-0.3, -0.25) is 9.59 Å². The van der Waals surface area contributed by atoms with E-state index < -0.39 is 23.5 Å². The summed E-state index contributed by atoms with van der Waals surface area (Å²) in [6, 6.07) is 15.8. The van der Waals surface area contributed by atoms with E-state index >= 15 is 0 Å². The molecule has 0 spiro atoms. The fraction of sp³-hybridized carbons (Fsp3) is 0.217. The van der Waals surface area contributed by atoms with Crippen LogP contribution >= 0.6 is 15.9 Å². The lowest BCUT2D eigenvalue weighted by Gasteiger charge is -2.26. The summed E-state index contributed by atoms with van der Waals surface area (Å²) >= 11 is 3.38. The van der Waals surface area contributed by atoms with Crippen molar-refractivity contribution < 1.29 is 24.5 Å². The summed E-state index contributed by atoms with van der Waals surface area (Å²) in [5.41, 5.74) is 1.58. The average molecular weight is 472 g/mol. The predicted octanol–water partition coefficient (Wildman–Crippen LogP) is 3.44. The van der Waals surface area contributed by atoms with Crippen molar-refractivity contribution in [2.24, 2.45) is 0 Å². The Labute approximate surface area is 183 Å². The van der Waals surface area contributed by atoms with Gasteiger partial charge in [-0.25, -0.2) is 0 Å². The summed E-state index contributed by atoms with van der Waals surface area (Å²) in [5.74, 6) is -1.60. The third-order valence-corrected chi connectivity index (χ3v) is 5.22. The summed E-state index contributed by atoms with van der Waals surface area (Å²) in [4.78, 5) is 27.1. The van der Waals surface area contributed by atoms with Gasteiger partial charge >= 0.3 is 0 Å². The van der Waals surface area contributed by atoms with Crippen LogP contribution in [0.5, 0.6) is 0 Å². The molecule has 156 valence electrons. The van der Waals surface area contributed by atoms with Gasteiger partial charge in [-0.05, 0) is 29.3 Å². The number of carbonyl (C=O) groups excluding carboxylic acids is 2. The summed E-state index contributed by atoms with van der Waals surface area (Å²) in [7, 11) is 0. The van der Waals surface area contributed by atoms with Crippen molar-refractivity contribution in [3.8, 4) is 0 Å². The first-order valence-corrected chi connectivity index (χ1v) is 10.3. The molecule has 0 radical (unpaired) electrons. The molecule has 2 aromatic rings. The third-order valence-electron chi connectivity index (χ3n) is 4.69. The number of ether oxygens (including phenoxy) is 1. The molecule has 1 unspecified atom stereocenters. The number of halogens is 1. The Morgan fingerprint density at radius 2 is 1.80 bits per heavy atom. The highest BCUT2D eigenvalue weighted by Crippen LogP contribution is 2.38. The first kappa shape index (κ1) is 22.0. The molecule has 0 aromatic heterocycles. The van der Waals surface area contributed by atoms with E-state index in [1.165, 1.54) is 11.0 Å². The fourth-order valence-corrected chi connectivity index (χ4v) is 3.55. The van der Waals surface area contributed by atoms with Gasteiger partial charge in [-0.1, -0.05) is 64.5 Å². The van der Waals surface area contributed by atoms with E-state index in [1.807, 2.05) is 42.5 Å². The second-order valence-corrected chi connectivity index (χ2v) is 7.57. The van der Waals surface area contributed by atoms with Gasteiger partial charge in [0.15, 0.2) is 11.5 Å². The minimum absolute atomic E-state index is 0.0386. The SMILES string of the molecule is O=C(/C=C/c1ccccc1)C1=C(O)C(=O)N(CCOCCO)C1c1ccc(Br)cc1. The number of allylic oxidation sites excluding steroid dienone is 1. The van der Waals surface area contributed by atoms with Crippen LogP contribution in [0, 0.1) is 0 Å². The van der Waals surface area contributed by atoms with E-state index in [0.717, 1.165) is 10.0 Å². The molecule has 2 aromatic carbocycles. The number of amides is 1. The number of hydrogen-bond donors (Lipinski definition) is 2. The van der Waals surface area contributed by atoms with Gasteiger partial charge in [0.1, 0.15) is 0 Å². The van der Waals surface area contributed by atoms with E-state index in [2.05, 4.69) is 15.9 Å².